The Morgan fingerprint density at radius 1 is 1.20 bits per heavy atom. The molecule has 0 fully saturated rings. The Labute approximate surface area is 143 Å². The Balaban J connectivity index is 2.27. The van der Waals surface area contributed by atoms with Crippen LogP contribution in [0.5, 0.6) is 0 Å². The molecule has 2 N–H and O–H groups in total. The summed E-state index contributed by atoms with van der Waals surface area (Å²) in [5.74, 6) is -1.49. The van der Waals surface area contributed by atoms with Crippen molar-refractivity contribution in [2.75, 3.05) is 6.54 Å². The van der Waals surface area contributed by atoms with Gasteiger partial charge in [0.15, 0.2) is 0 Å². The van der Waals surface area contributed by atoms with Crippen LogP contribution in [0.3, 0.4) is 0 Å². The standard InChI is InChI=1S/C17H15N3O5/c1-2-10-18-17(22)14(11-13-8-9-15(25-13)20(23)24)19-16(21)12-6-4-3-5-7-12/h2-9,11H,1,10H2,(H,18,22)(H,19,21). The third kappa shape index (κ3) is 4.90. The van der Waals surface area contributed by atoms with Gasteiger partial charge >= 0.3 is 5.88 Å². The van der Waals surface area contributed by atoms with Gasteiger partial charge in [0, 0.05) is 18.2 Å². The first-order chi connectivity index (χ1) is 12.0. The normalized spacial score (nSPS) is 10.8. The van der Waals surface area contributed by atoms with Crippen LogP contribution in [0.1, 0.15) is 16.1 Å². The molecule has 0 aliphatic rings. The second-order valence-electron chi connectivity index (χ2n) is 4.81. The lowest BCUT2D eigenvalue weighted by Gasteiger charge is -2.09. The lowest BCUT2D eigenvalue weighted by molar-refractivity contribution is -0.402. The van der Waals surface area contributed by atoms with E-state index in [1.165, 1.54) is 18.2 Å². The number of hydrogen-bond donors (Lipinski definition) is 2. The topological polar surface area (TPSA) is 114 Å². The molecule has 8 heteroatoms. The van der Waals surface area contributed by atoms with Gasteiger partial charge in [-0.2, -0.15) is 0 Å². The van der Waals surface area contributed by atoms with Crippen molar-refractivity contribution in [3.8, 4) is 0 Å². The monoisotopic (exact) mass is 341 g/mol. The summed E-state index contributed by atoms with van der Waals surface area (Å²) in [4.78, 5) is 34.4. The quantitative estimate of drug-likeness (QED) is 0.347. The van der Waals surface area contributed by atoms with E-state index in [0.717, 1.165) is 6.07 Å². The minimum absolute atomic E-state index is 0.0591. The van der Waals surface area contributed by atoms with Crippen molar-refractivity contribution in [2.45, 2.75) is 0 Å². The number of benzene rings is 1. The summed E-state index contributed by atoms with van der Waals surface area (Å²) in [5, 5.41) is 15.7. The van der Waals surface area contributed by atoms with Crippen molar-refractivity contribution in [2.24, 2.45) is 0 Å². The van der Waals surface area contributed by atoms with E-state index in [1.807, 2.05) is 0 Å². The van der Waals surface area contributed by atoms with Crippen LogP contribution in [0, 0.1) is 10.1 Å². The Bertz CT molecular complexity index is 824. The Hall–Kier alpha value is -3.68. The first-order valence-corrected chi connectivity index (χ1v) is 7.22. The van der Waals surface area contributed by atoms with Gasteiger partial charge in [-0.25, -0.2) is 0 Å². The van der Waals surface area contributed by atoms with E-state index in [1.54, 1.807) is 30.3 Å². The first-order valence-electron chi connectivity index (χ1n) is 7.22. The van der Waals surface area contributed by atoms with Crippen LogP contribution in [0.25, 0.3) is 6.08 Å². The van der Waals surface area contributed by atoms with Gasteiger partial charge in [0.05, 0.1) is 6.07 Å². The van der Waals surface area contributed by atoms with Crippen LogP contribution in [0.2, 0.25) is 0 Å². The highest BCUT2D eigenvalue weighted by Crippen LogP contribution is 2.18. The number of nitro groups is 1. The van der Waals surface area contributed by atoms with Gasteiger partial charge in [0.2, 0.25) is 0 Å². The summed E-state index contributed by atoms with van der Waals surface area (Å²) in [7, 11) is 0. The van der Waals surface area contributed by atoms with Crippen LogP contribution >= 0.6 is 0 Å². The molecule has 2 rings (SSSR count). The smallest absolute Gasteiger partial charge is 0.401 e. The van der Waals surface area contributed by atoms with E-state index >= 15 is 0 Å². The van der Waals surface area contributed by atoms with Crippen molar-refractivity contribution >= 4 is 23.8 Å². The average molecular weight is 341 g/mol. The molecule has 0 radical (unpaired) electrons. The van der Waals surface area contributed by atoms with Crippen molar-refractivity contribution in [1.29, 1.82) is 0 Å². The summed E-state index contributed by atoms with van der Waals surface area (Å²) < 4.78 is 4.99. The van der Waals surface area contributed by atoms with E-state index in [4.69, 9.17) is 4.42 Å². The molecule has 0 aliphatic heterocycles. The van der Waals surface area contributed by atoms with E-state index in [9.17, 15) is 19.7 Å². The molecule has 1 aromatic carbocycles. The summed E-state index contributed by atoms with van der Waals surface area (Å²) in [6, 6.07) is 10.8. The molecule has 0 spiro atoms. The van der Waals surface area contributed by atoms with E-state index in [0.29, 0.717) is 5.56 Å². The van der Waals surface area contributed by atoms with Gasteiger partial charge in [-0.1, -0.05) is 24.3 Å². The fourth-order valence-electron chi connectivity index (χ4n) is 1.86. The highest BCUT2D eigenvalue weighted by atomic mass is 16.6. The highest BCUT2D eigenvalue weighted by Gasteiger charge is 2.16. The summed E-state index contributed by atoms with van der Waals surface area (Å²) in [5.41, 5.74) is 0.246. The van der Waals surface area contributed by atoms with Crippen LogP contribution in [0.4, 0.5) is 5.88 Å². The average Bonchev–Trinajstić information content (AvgIpc) is 3.08. The Morgan fingerprint density at radius 2 is 1.92 bits per heavy atom. The number of rotatable bonds is 7. The fraction of sp³-hybridized carbons (Fsp3) is 0.0588. The molecule has 1 heterocycles. The van der Waals surface area contributed by atoms with E-state index in [2.05, 4.69) is 17.2 Å². The molecule has 0 saturated carbocycles. The van der Waals surface area contributed by atoms with Gasteiger partial charge in [-0.15, -0.1) is 6.58 Å². The number of hydrogen-bond acceptors (Lipinski definition) is 5. The molecule has 128 valence electrons. The number of nitrogens with one attached hydrogen (secondary N) is 2. The zero-order valence-corrected chi connectivity index (χ0v) is 13.1. The van der Waals surface area contributed by atoms with Crippen LogP contribution < -0.4 is 10.6 Å². The van der Waals surface area contributed by atoms with Crippen molar-refractivity contribution in [3.63, 3.8) is 0 Å². The van der Waals surface area contributed by atoms with Gasteiger partial charge in [0.1, 0.15) is 16.4 Å². The maximum absolute atomic E-state index is 12.2. The molecule has 0 atom stereocenters. The Kier molecular flexibility index (Phi) is 5.83. The molecule has 2 amide bonds. The number of furan rings is 1. The largest absolute Gasteiger partial charge is 0.433 e. The second kappa shape index (κ2) is 8.25. The lowest BCUT2D eigenvalue weighted by atomic mass is 10.2. The van der Waals surface area contributed by atoms with Crippen molar-refractivity contribution in [1.82, 2.24) is 10.6 Å². The third-order valence-corrected chi connectivity index (χ3v) is 3.01. The molecule has 0 bridgehead atoms. The van der Waals surface area contributed by atoms with Crippen LogP contribution in [0.15, 0.2) is 65.2 Å². The molecule has 8 nitrogen and oxygen atoms in total. The number of carbonyl (C=O) groups excluding carboxylic acids is 2. The van der Waals surface area contributed by atoms with Crippen molar-refractivity contribution < 1.29 is 18.9 Å². The molecular weight excluding hydrogens is 326 g/mol. The van der Waals surface area contributed by atoms with Gasteiger partial charge in [-0.05, 0) is 18.2 Å². The minimum atomic E-state index is -0.697. The van der Waals surface area contributed by atoms with Gasteiger partial charge in [0.25, 0.3) is 11.8 Å². The second-order valence-corrected chi connectivity index (χ2v) is 4.81. The maximum Gasteiger partial charge on any atom is 0.433 e. The summed E-state index contributed by atoms with van der Waals surface area (Å²) in [6.45, 7) is 3.68. The van der Waals surface area contributed by atoms with Crippen LogP contribution in [-0.2, 0) is 4.79 Å². The predicted molar refractivity (Wildman–Crippen MR) is 90.5 cm³/mol. The first kappa shape index (κ1) is 17.7. The van der Waals surface area contributed by atoms with E-state index in [-0.39, 0.29) is 18.0 Å². The zero-order chi connectivity index (χ0) is 18.2. The van der Waals surface area contributed by atoms with E-state index < -0.39 is 22.6 Å². The fourth-order valence-corrected chi connectivity index (χ4v) is 1.86. The zero-order valence-electron chi connectivity index (χ0n) is 13.1. The molecule has 0 saturated heterocycles. The van der Waals surface area contributed by atoms with Gasteiger partial charge < -0.3 is 15.1 Å². The minimum Gasteiger partial charge on any atom is -0.401 e. The SMILES string of the molecule is C=CCNC(=O)C(=Cc1ccc([N+](=O)[O-])o1)NC(=O)c1ccccc1. The molecule has 25 heavy (non-hydrogen) atoms. The number of carbonyl (C=O) groups is 2. The molecule has 0 aliphatic carbocycles. The van der Waals surface area contributed by atoms with Crippen molar-refractivity contribution in [3.05, 3.63) is 82.3 Å². The van der Waals surface area contributed by atoms with Gasteiger partial charge in [-0.3, -0.25) is 19.7 Å². The summed E-state index contributed by atoms with van der Waals surface area (Å²) in [6.07, 6.45) is 2.69. The summed E-state index contributed by atoms with van der Waals surface area (Å²) >= 11 is 0. The number of nitrogens with zero attached hydrogens (tertiary/aromatic N) is 1. The van der Waals surface area contributed by atoms with Crippen LogP contribution in [-0.4, -0.2) is 23.3 Å². The molecular formula is C17H15N3O5. The third-order valence-electron chi connectivity index (χ3n) is 3.01. The lowest BCUT2D eigenvalue weighted by Crippen LogP contribution is -2.34. The highest BCUT2D eigenvalue weighted by molar-refractivity contribution is 6.05. The Morgan fingerprint density at radius 3 is 2.52 bits per heavy atom. The molecule has 1 aromatic heterocycles. The maximum atomic E-state index is 12.2. The number of amides is 2. The molecule has 0 unspecified atom stereocenters. The molecule has 2 aromatic rings. The predicted octanol–water partition coefficient (Wildman–Crippen LogP) is 2.26.